The van der Waals surface area contributed by atoms with Crippen molar-refractivity contribution in [2.75, 3.05) is 20.1 Å². The molecule has 0 amide bonds. The van der Waals surface area contributed by atoms with Crippen LogP contribution in [0.1, 0.15) is 38.3 Å². The SMILES string of the molecule is CC(C)NC(C(=O)O)c1cccc(-c2cnn(CC3CCN(C)CC3)c2)c1. The molecular formula is C21H30N4O2. The fourth-order valence-corrected chi connectivity index (χ4v) is 3.66. The largest absolute Gasteiger partial charge is 0.480 e. The number of carbonyl (C=O) groups is 1. The summed E-state index contributed by atoms with van der Waals surface area (Å²) in [5.74, 6) is -0.189. The number of carboxylic acids is 1. The third-order valence-corrected chi connectivity index (χ3v) is 5.22. The van der Waals surface area contributed by atoms with Crippen LogP contribution in [-0.2, 0) is 11.3 Å². The van der Waals surface area contributed by atoms with Gasteiger partial charge in [0.25, 0.3) is 0 Å². The zero-order valence-corrected chi connectivity index (χ0v) is 16.4. The van der Waals surface area contributed by atoms with Crippen LogP contribution in [0, 0.1) is 5.92 Å². The molecule has 1 aliphatic rings. The predicted octanol–water partition coefficient (Wildman–Crippen LogP) is 3.02. The molecule has 2 heterocycles. The molecule has 3 rings (SSSR count). The molecule has 6 heteroatoms. The van der Waals surface area contributed by atoms with Gasteiger partial charge in [-0.3, -0.25) is 14.8 Å². The van der Waals surface area contributed by atoms with Gasteiger partial charge in [0.05, 0.1) is 6.20 Å². The summed E-state index contributed by atoms with van der Waals surface area (Å²) in [6.45, 7) is 7.15. The van der Waals surface area contributed by atoms with E-state index >= 15 is 0 Å². The van der Waals surface area contributed by atoms with Gasteiger partial charge in [0.15, 0.2) is 0 Å². The third-order valence-electron chi connectivity index (χ3n) is 5.22. The van der Waals surface area contributed by atoms with Crippen molar-refractivity contribution in [2.45, 2.75) is 45.3 Å². The zero-order valence-electron chi connectivity index (χ0n) is 16.4. The van der Waals surface area contributed by atoms with E-state index in [4.69, 9.17) is 0 Å². The van der Waals surface area contributed by atoms with E-state index in [1.165, 1.54) is 12.8 Å². The van der Waals surface area contributed by atoms with Crippen LogP contribution in [0.4, 0.5) is 0 Å². The van der Waals surface area contributed by atoms with Crippen molar-refractivity contribution in [3.8, 4) is 11.1 Å². The van der Waals surface area contributed by atoms with E-state index in [0.29, 0.717) is 5.92 Å². The highest BCUT2D eigenvalue weighted by Crippen LogP contribution is 2.25. The van der Waals surface area contributed by atoms with Crippen molar-refractivity contribution in [3.05, 3.63) is 42.2 Å². The smallest absolute Gasteiger partial charge is 0.325 e. The van der Waals surface area contributed by atoms with Crippen LogP contribution in [0.5, 0.6) is 0 Å². The maximum Gasteiger partial charge on any atom is 0.325 e. The van der Waals surface area contributed by atoms with Gasteiger partial charge in [0.1, 0.15) is 6.04 Å². The first-order valence-electron chi connectivity index (χ1n) is 9.72. The van der Waals surface area contributed by atoms with Crippen LogP contribution in [0.25, 0.3) is 11.1 Å². The van der Waals surface area contributed by atoms with Crippen molar-refractivity contribution >= 4 is 5.97 Å². The summed E-state index contributed by atoms with van der Waals surface area (Å²) in [6.07, 6.45) is 6.37. The second kappa shape index (κ2) is 8.67. The highest BCUT2D eigenvalue weighted by molar-refractivity contribution is 5.76. The Bertz CT molecular complexity index is 763. The van der Waals surface area contributed by atoms with Crippen LogP contribution < -0.4 is 5.32 Å². The minimum atomic E-state index is -0.862. The number of aliphatic carboxylic acids is 1. The molecule has 6 nitrogen and oxygen atoms in total. The van der Waals surface area contributed by atoms with Gasteiger partial charge in [-0.05, 0) is 69.9 Å². The van der Waals surface area contributed by atoms with Crippen molar-refractivity contribution < 1.29 is 9.90 Å². The Morgan fingerprint density at radius 1 is 1.30 bits per heavy atom. The molecule has 0 saturated carbocycles. The average molecular weight is 370 g/mol. The van der Waals surface area contributed by atoms with E-state index in [1.54, 1.807) is 0 Å². The van der Waals surface area contributed by atoms with E-state index in [-0.39, 0.29) is 6.04 Å². The Balaban J connectivity index is 1.73. The van der Waals surface area contributed by atoms with Crippen molar-refractivity contribution in [3.63, 3.8) is 0 Å². The lowest BCUT2D eigenvalue weighted by atomic mass is 9.97. The fourth-order valence-electron chi connectivity index (χ4n) is 3.66. The second-order valence-electron chi connectivity index (χ2n) is 7.92. The first-order valence-corrected chi connectivity index (χ1v) is 9.72. The quantitative estimate of drug-likeness (QED) is 0.784. The zero-order chi connectivity index (χ0) is 19.4. The molecule has 0 radical (unpaired) electrons. The molecule has 1 saturated heterocycles. The molecule has 1 atom stereocenters. The number of aromatic nitrogens is 2. The van der Waals surface area contributed by atoms with Gasteiger partial charge in [-0.25, -0.2) is 0 Å². The number of carboxylic acid groups (broad SMARTS) is 1. The molecule has 1 fully saturated rings. The molecule has 1 aromatic carbocycles. The summed E-state index contributed by atoms with van der Waals surface area (Å²) < 4.78 is 2.03. The van der Waals surface area contributed by atoms with Gasteiger partial charge >= 0.3 is 5.97 Å². The lowest BCUT2D eigenvalue weighted by molar-refractivity contribution is -0.139. The number of piperidine rings is 1. The van der Waals surface area contributed by atoms with Crippen LogP contribution in [0.15, 0.2) is 36.7 Å². The molecule has 0 bridgehead atoms. The van der Waals surface area contributed by atoms with Gasteiger partial charge in [-0.1, -0.05) is 18.2 Å². The number of benzene rings is 1. The monoisotopic (exact) mass is 370 g/mol. The summed E-state index contributed by atoms with van der Waals surface area (Å²) in [6, 6.07) is 7.11. The van der Waals surface area contributed by atoms with Gasteiger partial charge in [-0.15, -0.1) is 0 Å². The Morgan fingerprint density at radius 2 is 2.04 bits per heavy atom. The van der Waals surface area contributed by atoms with E-state index in [2.05, 4.69) is 28.6 Å². The lowest BCUT2D eigenvalue weighted by Crippen LogP contribution is -2.33. The molecule has 0 aliphatic carbocycles. The Labute approximate surface area is 161 Å². The lowest BCUT2D eigenvalue weighted by Gasteiger charge is -2.28. The number of likely N-dealkylation sites (tertiary alicyclic amines) is 1. The second-order valence-corrected chi connectivity index (χ2v) is 7.92. The summed E-state index contributed by atoms with van der Waals surface area (Å²) >= 11 is 0. The number of nitrogens with zero attached hydrogens (tertiary/aromatic N) is 3. The van der Waals surface area contributed by atoms with Gasteiger partial charge in [0.2, 0.25) is 0 Å². The van der Waals surface area contributed by atoms with Crippen molar-refractivity contribution in [1.29, 1.82) is 0 Å². The molecule has 1 aromatic heterocycles. The molecule has 2 N–H and O–H groups in total. The summed E-state index contributed by atoms with van der Waals surface area (Å²) in [4.78, 5) is 14.0. The van der Waals surface area contributed by atoms with Crippen LogP contribution in [0.3, 0.4) is 0 Å². The fraction of sp³-hybridized carbons (Fsp3) is 0.524. The van der Waals surface area contributed by atoms with E-state index in [0.717, 1.165) is 36.3 Å². The van der Waals surface area contributed by atoms with Gasteiger partial charge < -0.3 is 10.0 Å². The number of hydrogen-bond donors (Lipinski definition) is 2. The summed E-state index contributed by atoms with van der Waals surface area (Å²) in [7, 11) is 2.17. The molecule has 27 heavy (non-hydrogen) atoms. The van der Waals surface area contributed by atoms with Crippen LogP contribution in [-0.4, -0.2) is 51.9 Å². The van der Waals surface area contributed by atoms with Crippen LogP contribution >= 0.6 is 0 Å². The topological polar surface area (TPSA) is 70.4 Å². The average Bonchev–Trinajstić information content (AvgIpc) is 3.10. The molecule has 2 aromatic rings. The molecule has 1 unspecified atom stereocenters. The Morgan fingerprint density at radius 3 is 2.70 bits per heavy atom. The van der Waals surface area contributed by atoms with E-state index < -0.39 is 12.0 Å². The Hall–Kier alpha value is -2.18. The van der Waals surface area contributed by atoms with Crippen LogP contribution in [0.2, 0.25) is 0 Å². The first kappa shape index (κ1) is 19.6. The molecular weight excluding hydrogens is 340 g/mol. The minimum Gasteiger partial charge on any atom is -0.480 e. The number of hydrogen-bond acceptors (Lipinski definition) is 4. The Kier molecular flexibility index (Phi) is 6.29. The standard InChI is InChI=1S/C21H30N4O2/c1-15(2)23-20(21(26)27)18-6-4-5-17(11-18)19-12-22-25(14-19)13-16-7-9-24(3)10-8-16/h4-6,11-12,14-16,20,23H,7-10,13H2,1-3H3,(H,26,27). The number of nitrogens with one attached hydrogen (secondary N) is 1. The maximum absolute atomic E-state index is 11.6. The first-order chi connectivity index (χ1) is 12.9. The third kappa shape index (κ3) is 5.17. The maximum atomic E-state index is 11.6. The number of rotatable bonds is 7. The minimum absolute atomic E-state index is 0.0899. The molecule has 1 aliphatic heterocycles. The van der Waals surface area contributed by atoms with E-state index in [1.807, 2.05) is 49.0 Å². The van der Waals surface area contributed by atoms with Crippen molar-refractivity contribution in [2.24, 2.45) is 5.92 Å². The summed E-state index contributed by atoms with van der Waals surface area (Å²) in [5.41, 5.74) is 2.79. The summed E-state index contributed by atoms with van der Waals surface area (Å²) in [5, 5.41) is 17.2. The predicted molar refractivity (Wildman–Crippen MR) is 107 cm³/mol. The van der Waals surface area contributed by atoms with E-state index in [9.17, 15) is 9.90 Å². The van der Waals surface area contributed by atoms with Gasteiger partial charge in [-0.2, -0.15) is 5.10 Å². The highest BCUT2D eigenvalue weighted by Gasteiger charge is 2.21. The normalized spacial score (nSPS) is 17.3. The van der Waals surface area contributed by atoms with Crippen molar-refractivity contribution in [1.82, 2.24) is 20.0 Å². The molecule has 146 valence electrons. The molecule has 0 spiro atoms. The van der Waals surface area contributed by atoms with Gasteiger partial charge in [0, 0.05) is 24.3 Å². The highest BCUT2D eigenvalue weighted by atomic mass is 16.4.